The van der Waals surface area contributed by atoms with Crippen molar-refractivity contribution in [3.8, 4) is 11.5 Å². The Hall–Kier alpha value is -1.84. The van der Waals surface area contributed by atoms with Crippen molar-refractivity contribution >= 4 is 40.1 Å². The van der Waals surface area contributed by atoms with Crippen molar-refractivity contribution < 1.29 is 19.1 Å². The molecule has 9 heteroatoms. The minimum atomic E-state index is -0.0546. The number of amides is 2. The highest BCUT2D eigenvalue weighted by atomic mass is 32.2. The Bertz CT molecular complexity index is 771. The molecule has 0 radical (unpaired) electrons. The number of rotatable bonds is 7. The molecule has 28 heavy (non-hydrogen) atoms. The highest BCUT2D eigenvalue weighted by Crippen LogP contribution is 2.37. The van der Waals surface area contributed by atoms with Crippen molar-refractivity contribution in [2.75, 3.05) is 46.2 Å². The van der Waals surface area contributed by atoms with Gasteiger partial charge in [-0.3, -0.25) is 19.4 Å². The van der Waals surface area contributed by atoms with E-state index in [0.29, 0.717) is 35.5 Å². The largest absolute Gasteiger partial charge is 0.493 e. The molecule has 3 rings (SSSR count). The molecule has 1 fully saturated rings. The third-order valence-corrected chi connectivity index (χ3v) is 6.59. The Balaban J connectivity index is 1.56. The number of thioether (sulfide) groups is 1. The van der Waals surface area contributed by atoms with E-state index in [2.05, 4.69) is 17.1 Å². The topological polar surface area (TPSA) is 71.1 Å². The van der Waals surface area contributed by atoms with Crippen LogP contribution in [-0.4, -0.2) is 72.1 Å². The van der Waals surface area contributed by atoms with E-state index < -0.39 is 0 Å². The van der Waals surface area contributed by atoms with Gasteiger partial charge in [0.2, 0.25) is 11.8 Å². The normalized spacial score (nSPS) is 19.5. The molecule has 2 amide bonds. The molecule has 1 atom stereocenters. The van der Waals surface area contributed by atoms with E-state index in [0.717, 1.165) is 24.3 Å². The second-order valence-electron chi connectivity index (χ2n) is 6.75. The zero-order chi connectivity index (χ0) is 20.3. The zero-order valence-electron chi connectivity index (χ0n) is 16.3. The summed E-state index contributed by atoms with van der Waals surface area (Å²) in [5, 5.41) is 2.90. The monoisotopic (exact) mass is 423 g/mol. The first-order chi connectivity index (χ1) is 13.4. The summed E-state index contributed by atoms with van der Waals surface area (Å²) in [4.78, 5) is 27.8. The number of nitrogens with zero attached hydrogens (tertiary/aromatic N) is 2. The second kappa shape index (κ2) is 9.11. The Morgan fingerprint density at radius 2 is 2.04 bits per heavy atom. The van der Waals surface area contributed by atoms with Crippen LogP contribution in [0.2, 0.25) is 0 Å². The number of hydrogen-bond acceptors (Lipinski definition) is 7. The van der Waals surface area contributed by atoms with Crippen molar-refractivity contribution in [2.24, 2.45) is 0 Å². The van der Waals surface area contributed by atoms with Crippen LogP contribution < -0.4 is 14.8 Å². The SMILES string of the molecule is COc1cc2c(cc1OC)C(C)N(CC(=O)NCCN1C(=O)CSC1=S)CC2. The highest BCUT2D eigenvalue weighted by molar-refractivity contribution is 8.23. The van der Waals surface area contributed by atoms with Gasteiger partial charge in [0.1, 0.15) is 4.32 Å². The smallest absolute Gasteiger partial charge is 0.238 e. The van der Waals surface area contributed by atoms with Gasteiger partial charge in [-0.05, 0) is 36.6 Å². The lowest BCUT2D eigenvalue weighted by Gasteiger charge is -2.35. The summed E-state index contributed by atoms with van der Waals surface area (Å²) in [6.45, 7) is 4.02. The lowest BCUT2D eigenvalue weighted by molar-refractivity contribution is -0.125. The maximum Gasteiger partial charge on any atom is 0.238 e. The maximum atomic E-state index is 12.4. The van der Waals surface area contributed by atoms with Gasteiger partial charge in [-0.1, -0.05) is 24.0 Å². The summed E-state index contributed by atoms with van der Waals surface area (Å²) in [6, 6.07) is 4.12. The average Bonchev–Trinajstić information content (AvgIpc) is 3.01. The molecule has 152 valence electrons. The number of fused-ring (bicyclic) bond motifs is 1. The van der Waals surface area contributed by atoms with Gasteiger partial charge >= 0.3 is 0 Å². The number of methoxy groups -OCH3 is 2. The van der Waals surface area contributed by atoms with E-state index in [1.807, 2.05) is 12.1 Å². The van der Waals surface area contributed by atoms with Crippen LogP contribution in [0.3, 0.4) is 0 Å². The molecule has 1 aromatic carbocycles. The third-order valence-electron chi connectivity index (χ3n) is 5.16. The van der Waals surface area contributed by atoms with Crippen LogP contribution in [0.4, 0.5) is 0 Å². The molecule has 1 N–H and O–H groups in total. The van der Waals surface area contributed by atoms with Crippen LogP contribution in [-0.2, 0) is 16.0 Å². The number of nitrogens with one attached hydrogen (secondary N) is 1. The number of benzene rings is 1. The van der Waals surface area contributed by atoms with Gasteiger partial charge in [0, 0.05) is 25.7 Å². The summed E-state index contributed by atoms with van der Waals surface area (Å²) >= 11 is 6.51. The summed E-state index contributed by atoms with van der Waals surface area (Å²) in [5.41, 5.74) is 2.38. The number of hydrogen-bond donors (Lipinski definition) is 1. The molecule has 0 spiro atoms. The molecule has 1 unspecified atom stereocenters. The summed E-state index contributed by atoms with van der Waals surface area (Å²) in [7, 11) is 3.26. The quantitative estimate of drug-likeness (QED) is 0.668. The number of carbonyl (C=O) groups excluding carboxylic acids is 2. The Morgan fingerprint density at radius 1 is 1.32 bits per heavy atom. The number of thiocarbonyl (C=S) groups is 1. The molecule has 0 bridgehead atoms. The molecule has 2 heterocycles. The van der Waals surface area contributed by atoms with Crippen LogP contribution in [0.5, 0.6) is 11.5 Å². The van der Waals surface area contributed by atoms with Gasteiger partial charge in [0.25, 0.3) is 0 Å². The number of ether oxygens (including phenoxy) is 2. The van der Waals surface area contributed by atoms with Crippen LogP contribution in [0.15, 0.2) is 12.1 Å². The fourth-order valence-corrected chi connectivity index (χ4v) is 4.68. The van der Waals surface area contributed by atoms with E-state index in [4.69, 9.17) is 21.7 Å². The van der Waals surface area contributed by atoms with Gasteiger partial charge in [0.05, 0.1) is 26.5 Å². The maximum absolute atomic E-state index is 12.4. The molecule has 0 aliphatic carbocycles. The van der Waals surface area contributed by atoms with E-state index in [1.165, 1.54) is 17.3 Å². The first-order valence-electron chi connectivity index (χ1n) is 9.17. The van der Waals surface area contributed by atoms with Crippen LogP contribution in [0, 0.1) is 0 Å². The first-order valence-corrected chi connectivity index (χ1v) is 10.6. The molecule has 0 aromatic heterocycles. The second-order valence-corrected chi connectivity index (χ2v) is 8.36. The Kier molecular flexibility index (Phi) is 6.79. The molecule has 2 aliphatic rings. The van der Waals surface area contributed by atoms with Crippen molar-refractivity contribution in [3.05, 3.63) is 23.3 Å². The Labute approximate surface area is 174 Å². The molecular weight excluding hydrogens is 398 g/mol. The van der Waals surface area contributed by atoms with Crippen LogP contribution in [0.1, 0.15) is 24.1 Å². The predicted molar refractivity (Wildman–Crippen MR) is 113 cm³/mol. The van der Waals surface area contributed by atoms with Crippen molar-refractivity contribution in [2.45, 2.75) is 19.4 Å². The van der Waals surface area contributed by atoms with Crippen LogP contribution >= 0.6 is 24.0 Å². The lowest BCUT2D eigenvalue weighted by atomic mass is 9.93. The first kappa shape index (κ1) is 20.9. The third kappa shape index (κ3) is 4.42. The van der Waals surface area contributed by atoms with Crippen molar-refractivity contribution in [1.82, 2.24) is 15.1 Å². The summed E-state index contributed by atoms with van der Waals surface area (Å²) in [6.07, 6.45) is 0.848. The molecule has 1 saturated heterocycles. The van der Waals surface area contributed by atoms with Gasteiger partial charge in [-0.15, -0.1) is 0 Å². The highest BCUT2D eigenvalue weighted by Gasteiger charge is 2.28. The fourth-order valence-electron chi connectivity index (χ4n) is 3.56. The van der Waals surface area contributed by atoms with E-state index >= 15 is 0 Å². The van der Waals surface area contributed by atoms with Crippen molar-refractivity contribution in [3.63, 3.8) is 0 Å². The van der Waals surface area contributed by atoms with Gasteiger partial charge in [-0.25, -0.2) is 0 Å². The Morgan fingerprint density at radius 3 is 2.68 bits per heavy atom. The van der Waals surface area contributed by atoms with E-state index in [1.54, 1.807) is 19.1 Å². The summed E-state index contributed by atoms with van der Waals surface area (Å²) < 4.78 is 11.4. The predicted octanol–water partition coefficient (Wildman–Crippen LogP) is 1.60. The standard InChI is InChI=1S/C19H25N3O4S2/c1-12-14-9-16(26-3)15(25-2)8-13(14)4-6-21(12)10-17(23)20-5-7-22-18(24)11-28-19(22)27/h8-9,12H,4-7,10-11H2,1-3H3,(H,20,23). The van der Waals surface area contributed by atoms with Gasteiger partial charge in [0.15, 0.2) is 11.5 Å². The minimum Gasteiger partial charge on any atom is -0.493 e. The zero-order valence-corrected chi connectivity index (χ0v) is 18.0. The molecule has 0 saturated carbocycles. The molecular formula is C19H25N3O4S2. The molecule has 1 aromatic rings. The van der Waals surface area contributed by atoms with E-state index in [9.17, 15) is 9.59 Å². The molecule has 2 aliphatic heterocycles. The van der Waals surface area contributed by atoms with Gasteiger partial charge in [-0.2, -0.15) is 0 Å². The van der Waals surface area contributed by atoms with Gasteiger partial charge < -0.3 is 14.8 Å². The van der Waals surface area contributed by atoms with Crippen molar-refractivity contribution in [1.29, 1.82) is 0 Å². The fraction of sp³-hybridized carbons (Fsp3) is 0.526. The summed E-state index contributed by atoms with van der Waals surface area (Å²) in [5.74, 6) is 1.78. The van der Waals surface area contributed by atoms with Crippen LogP contribution in [0.25, 0.3) is 0 Å². The van der Waals surface area contributed by atoms with E-state index in [-0.39, 0.29) is 17.9 Å². The average molecular weight is 424 g/mol. The molecule has 7 nitrogen and oxygen atoms in total. The minimum absolute atomic E-state index is 0.00915. The number of carbonyl (C=O) groups is 2. The lowest BCUT2D eigenvalue weighted by Crippen LogP contribution is -2.44.